The minimum Gasteiger partial charge on any atom is -0.502 e. The summed E-state index contributed by atoms with van der Waals surface area (Å²) in [4.78, 5) is 0. The van der Waals surface area contributed by atoms with E-state index in [4.69, 9.17) is 15.2 Å². The van der Waals surface area contributed by atoms with Gasteiger partial charge in [-0.3, -0.25) is 0 Å². The quantitative estimate of drug-likeness (QED) is 0.797. The van der Waals surface area contributed by atoms with Gasteiger partial charge in [-0.15, -0.1) is 0 Å². The first-order chi connectivity index (χ1) is 7.13. The topological polar surface area (TPSA) is 64.7 Å². The number of nitrogens with two attached hydrogens (primary N) is 1. The van der Waals surface area contributed by atoms with Crippen molar-refractivity contribution in [2.45, 2.75) is 19.4 Å². The van der Waals surface area contributed by atoms with Crippen LogP contribution in [0.3, 0.4) is 0 Å². The summed E-state index contributed by atoms with van der Waals surface area (Å²) < 4.78 is 10.1. The van der Waals surface area contributed by atoms with Crippen LogP contribution in [-0.4, -0.2) is 19.3 Å². The van der Waals surface area contributed by atoms with Crippen molar-refractivity contribution in [3.05, 3.63) is 17.7 Å². The fourth-order valence-corrected chi connectivity index (χ4v) is 1.36. The zero-order valence-corrected chi connectivity index (χ0v) is 9.28. The fourth-order valence-electron chi connectivity index (χ4n) is 1.36. The Morgan fingerprint density at radius 3 is 2.07 bits per heavy atom. The molecule has 3 N–H and O–H groups in total. The van der Waals surface area contributed by atoms with Crippen molar-refractivity contribution in [3.63, 3.8) is 0 Å². The van der Waals surface area contributed by atoms with Crippen molar-refractivity contribution in [2.75, 3.05) is 14.2 Å². The fraction of sp³-hybridized carbons (Fsp3) is 0.455. The molecule has 0 fully saturated rings. The van der Waals surface area contributed by atoms with Crippen molar-refractivity contribution in [1.29, 1.82) is 0 Å². The van der Waals surface area contributed by atoms with E-state index in [9.17, 15) is 5.11 Å². The number of phenolic OH excluding ortho intramolecular Hbond substituents is 1. The lowest BCUT2D eigenvalue weighted by Gasteiger charge is -2.14. The van der Waals surface area contributed by atoms with E-state index in [2.05, 4.69) is 0 Å². The first-order valence-electron chi connectivity index (χ1n) is 4.84. The molecule has 0 saturated carbocycles. The van der Waals surface area contributed by atoms with Crippen molar-refractivity contribution in [3.8, 4) is 17.2 Å². The maximum atomic E-state index is 9.68. The van der Waals surface area contributed by atoms with Gasteiger partial charge in [0, 0.05) is 6.04 Å². The van der Waals surface area contributed by atoms with E-state index in [1.54, 1.807) is 12.1 Å². The summed E-state index contributed by atoms with van der Waals surface area (Å²) in [5.41, 5.74) is 6.79. The molecule has 1 atom stereocenters. The second kappa shape index (κ2) is 4.89. The zero-order chi connectivity index (χ0) is 11.4. The van der Waals surface area contributed by atoms with E-state index in [0.29, 0.717) is 11.5 Å². The molecule has 0 aliphatic carbocycles. The lowest BCUT2D eigenvalue weighted by Crippen LogP contribution is -2.09. The monoisotopic (exact) mass is 211 g/mol. The second-order valence-corrected chi connectivity index (χ2v) is 3.29. The third-order valence-corrected chi connectivity index (χ3v) is 2.37. The first-order valence-corrected chi connectivity index (χ1v) is 4.84. The maximum absolute atomic E-state index is 9.68. The molecule has 84 valence electrons. The Bertz CT molecular complexity index is 314. The van der Waals surface area contributed by atoms with Crippen LogP contribution in [0.1, 0.15) is 24.9 Å². The molecule has 0 spiro atoms. The van der Waals surface area contributed by atoms with Crippen LogP contribution in [0.2, 0.25) is 0 Å². The van der Waals surface area contributed by atoms with E-state index in [1.165, 1.54) is 14.2 Å². The van der Waals surface area contributed by atoms with Crippen molar-refractivity contribution in [2.24, 2.45) is 5.73 Å². The van der Waals surface area contributed by atoms with Gasteiger partial charge in [0.2, 0.25) is 5.75 Å². The Morgan fingerprint density at radius 1 is 1.27 bits per heavy atom. The minimum absolute atomic E-state index is 0.00653. The Labute approximate surface area is 89.6 Å². The molecular weight excluding hydrogens is 194 g/mol. The normalized spacial score (nSPS) is 12.3. The number of rotatable bonds is 4. The smallest absolute Gasteiger partial charge is 0.200 e. The van der Waals surface area contributed by atoms with Crippen molar-refractivity contribution < 1.29 is 14.6 Å². The van der Waals surface area contributed by atoms with Gasteiger partial charge >= 0.3 is 0 Å². The lowest BCUT2D eigenvalue weighted by molar-refractivity contribution is 0.338. The zero-order valence-electron chi connectivity index (χ0n) is 9.28. The molecule has 0 radical (unpaired) electrons. The van der Waals surface area contributed by atoms with Gasteiger partial charge in [0.25, 0.3) is 0 Å². The van der Waals surface area contributed by atoms with Gasteiger partial charge in [0.15, 0.2) is 11.5 Å². The van der Waals surface area contributed by atoms with Crippen LogP contribution in [0.15, 0.2) is 12.1 Å². The Morgan fingerprint density at radius 2 is 1.73 bits per heavy atom. The summed E-state index contributed by atoms with van der Waals surface area (Å²) >= 11 is 0. The van der Waals surface area contributed by atoms with Gasteiger partial charge in [0.05, 0.1) is 14.2 Å². The largest absolute Gasteiger partial charge is 0.502 e. The molecule has 4 nitrogen and oxygen atoms in total. The molecule has 0 aromatic heterocycles. The molecule has 1 rings (SSSR count). The molecule has 15 heavy (non-hydrogen) atoms. The SMILES string of the molecule is CCC(N)c1cc(OC)c(O)c(OC)c1. The number of hydrogen-bond acceptors (Lipinski definition) is 4. The van der Waals surface area contributed by atoms with Gasteiger partial charge in [-0.25, -0.2) is 0 Å². The number of aromatic hydroxyl groups is 1. The average molecular weight is 211 g/mol. The summed E-state index contributed by atoms with van der Waals surface area (Å²) in [6, 6.07) is 3.38. The number of hydrogen-bond donors (Lipinski definition) is 2. The third-order valence-electron chi connectivity index (χ3n) is 2.37. The molecule has 0 bridgehead atoms. The molecule has 0 heterocycles. The molecule has 0 aliphatic heterocycles. The second-order valence-electron chi connectivity index (χ2n) is 3.29. The molecule has 0 aliphatic rings. The maximum Gasteiger partial charge on any atom is 0.200 e. The number of ether oxygens (including phenoxy) is 2. The Kier molecular flexibility index (Phi) is 3.80. The van der Waals surface area contributed by atoms with E-state index >= 15 is 0 Å². The number of benzene rings is 1. The predicted octanol–water partition coefficient (Wildman–Crippen LogP) is 1.82. The summed E-state index contributed by atoms with van der Waals surface area (Å²) in [5, 5.41) is 9.68. The van der Waals surface area contributed by atoms with E-state index < -0.39 is 0 Å². The van der Waals surface area contributed by atoms with Gasteiger partial charge in [-0.05, 0) is 24.1 Å². The van der Waals surface area contributed by atoms with Gasteiger partial charge in [-0.2, -0.15) is 0 Å². The number of phenols is 1. The van der Waals surface area contributed by atoms with E-state index in [-0.39, 0.29) is 11.8 Å². The summed E-state index contributed by atoms with van der Waals surface area (Å²) in [5.74, 6) is 0.772. The Hall–Kier alpha value is -1.42. The summed E-state index contributed by atoms with van der Waals surface area (Å²) in [7, 11) is 2.99. The highest BCUT2D eigenvalue weighted by Crippen LogP contribution is 2.38. The van der Waals surface area contributed by atoms with Crippen molar-refractivity contribution in [1.82, 2.24) is 0 Å². The molecule has 1 unspecified atom stereocenters. The highest BCUT2D eigenvalue weighted by atomic mass is 16.5. The van der Waals surface area contributed by atoms with Crippen LogP contribution >= 0.6 is 0 Å². The lowest BCUT2D eigenvalue weighted by atomic mass is 10.0. The first kappa shape index (κ1) is 11.7. The van der Waals surface area contributed by atoms with Gasteiger partial charge in [-0.1, -0.05) is 6.92 Å². The van der Waals surface area contributed by atoms with Crippen LogP contribution in [0.25, 0.3) is 0 Å². The van der Waals surface area contributed by atoms with Crippen LogP contribution in [0.4, 0.5) is 0 Å². The van der Waals surface area contributed by atoms with Gasteiger partial charge < -0.3 is 20.3 Å². The molecule has 1 aromatic rings. The van der Waals surface area contributed by atoms with E-state index in [0.717, 1.165) is 12.0 Å². The summed E-state index contributed by atoms with van der Waals surface area (Å²) in [6.45, 7) is 2.00. The van der Waals surface area contributed by atoms with Crippen LogP contribution < -0.4 is 15.2 Å². The standard InChI is InChI=1S/C11H17NO3/c1-4-8(12)7-5-9(14-2)11(13)10(6-7)15-3/h5-6,8,13H,4,12H2,1-3H3. The van der Waals surface area contributed by atoms with Crippen LogP contribution in [0, 0.1) is 0 Å². The van der Waals surface area contributed by atoms with Gasteiger partial charge in [0.1, 0.15) is 0 Å². The minimum atomic E-state index is -0.0756. The average Bonchev–Trinajstić information content (AvgIpc) is 2.28. The molecule has 0 amide bonds. The molecule has 0 saturated heterocycles. The third kappa shape index (κ3) is 2.33. The summed E-state index contributed by atoms with van der Waals surface area (Å²) in [6.07, 6.45) is 0.817. The van der Waals surface area contributed by atoms with Crippen LogP contribution in [-0.2, 0) is 0 Å². The molecule has 4 heteroatoms. The van der Waals surface area contributed by atoms with Crippen LogP contribution in [0.5, 0.6) is 17.2 Å². The van der Waals surface area contributed by atoms with E-state index in [1.807, 2.05) is 6.92 Å². The highest BCUT2D eigenvalue weighted by Gasteiger charge is 2.13. The number of methoxy groups -OCH3 is 2. The molecule has 1 aromatic carbocycles. The highest BCUT2D eigenvalue weighted by molar-refractivity contribution is 5.53. The molecular formula is C11H17NO3. The van der Waals surface area contributed by atoms with Crippen molar-refractivity contribution >= 4 is 0 Å². The predicted molar refractivity (Wildman–Crippen MR) is 58.4 cm³/mol. The Balaban J connectivity index is 3.20.